The minimum absolute atomic E-state index is 0.263. The van der Waals surface area contributed by atoms with Crippen LogP contribution in [0.3, 0.4) is 0 Å². The number of hydrogen-bond acceptors (Lipinski definition) is 6. The van der Waals surface area contributed by atoms with E-state index in [4.69, 9.17) is 4.52 Å². The Labute approximate surface area is 101 Å². The molecule has 1 atom stereocenters. The summed E-state index contributed by atoms with van der Waals surface area (Å²) in [7, 11) is 4.26. The van der Waals surface area contributed by atoms with Crippen LogP contribution in [0.2, 0.25) is 0 Å². The summed E-state index contributed by atoms with van der Waals surface area (Å²) < 4.78 is 5.36. The highest BCUT2D eigenvalue weighted by Crippen LogP contribution is 2.24. The predicted octanol–water partition coefficient (Wildman–Crippen LogP) is -0.325. The molecule has 1 N–H and O–H groups in total. The molecule has 6 nitrogen and oxygen atoms in total. The van der Waals surface area contributed by atoms with E-state index in [1.807, 2.05) is 0 Å². The van der Waals surface area contributed by atoms with Gasteiger partial charge in [0.15, 0.2) is 5.82 Å². The molecule has 94 valence electrons. The second kappa shape index (κ2) is 4.36. The van der Waals surface area contributed by atoms with Crippen molar-refractivity contribution in [1.29, 1.82) is 0 Å². The average molecular weight is 237 g/mol. The Morgan fingerprint density at radius 2 is 2.12 bits per heavy atom. The van der Waals surface area contributed by atoms with Gasteiger partial charge in [-0.3, -0.25) is 4.90 Å². The normalized spacial score (nSPS) is 28.2. The molecule has 0 bridgehead atoms. The molecule has 3 heterocycles. The molecule has 6 heteroatoms. The molecule has 2 aliphatic rings. The van der Waals surface area contributed by atoms with Crippen molar-refractivity contribution in [2.45, 2.75) is 12.0 Å². The predicted molar refractivity (Wildman–Crippen MR) is 62.8 cm³/mol. The molecule has 1 aromatic rings. The van der Waals surface area contributed by atoms with Crippen LogP contribution in [-0.2, 0) is 0 Å². The first-order chi connectivity index (χ1) is 8.24. The summed E-state index contributed by atoms with van der Waals surface area (Å²) in [5, 5.41) is 7.36. The SMILES string of the molecule is CN1CCN(C)C(c2noc(C3CNC3)n2)C1. The molecule has 0 radical (unpaired) electrons. The molecule has 0 aliphatic carbocycles. The van der Waals surface area contributed by atoms with E-state index in [1.54, 1.807) is 0 Å². The lowest BCUT2D eigenvalue weighted by Crippen LogP contribution is -2.45. The standard InChI is InChI=1S/C11H19N5O/c1-15-3-4-16(2)9(7-15)10-13-11(17-14-10)8-5-12-6-8/h8-9,12H,3-7H2,1-2H3. The van der Waals surface area contributed by atoms with E-state index in [0.717, 1.165) is 44.4 Å². The Morgan fingerprint density at radius 3 is 2.82 bits per heavy atom. The number of piperazine rings is 1. The molecule has 0 saturated carbocycles. The zero-order valence-electron chi connectivity index (χ0n) is 10.4. The van der Waals surface area contributed by atoms with E-state index in [0.29, 0.717) is 5.92 Å². The van der Waals surface area contributed by atoms with Crippen molar-refractivity contribution in [3.05, 3.63) is 11.7 Å². The van der Waals surface area contributed by atoms with Crippen molar-refractivity contribution < 1.29 is 4.52 Å². The van der Waals surface area contributed by atoms with Gasteiger partial charge in [0, 0.05) is 32.7 Å². The lowest BCUT2D eigenvalue weighted by Gasteiger charge is -2.35. The maximum Gasteiger partial charge on any atom is 0.232 e. The fourth-order valence-corrected chi connectivity index (χ4v) is 2.30. The van der Waals surface area contributed by atoms with Gasteiger partial charge >= 0.3 is 0 Å². The number of hydrogen-bond donors (Lipinski definition) is 1. The van der Waals surface area contributed by atoms with Crippen molar-refractivity contribution in [3.63, 3.8) is 0 Å². The van der Waals surface area contributed by atoms with Crippen molar-refractivity contribution in [3.8, 4) is 0 Å². The molecule has 2 aliphatic heterocycles. The number of aromatic nitrogens is 2. The minimum Gasteiger partial charge on any atom is -0.339 e. The number of nitrogens with zero attached hydrogens (tertiary/aromatic N) is 4. The van der Waals surface area contributed by atoms with E-state index in [2.05, 4.69) is 39.4 Å². The summed E-state index contributed by atoms with van der Waals surface area (Å²) in [6, 6.07) is 0.263. The molecule has 2 fully saturated rings. The van der Waals surface area contributed by atoms with Gasteiger partial charge in [0.25, 0.3) is 0 Å². The van der Waals surface area contributed by atoms with Gasteiger partial charge in [0.05, 0.1) is 12.0 Å². The summed E-state index contributed by atoms with van der Waals surface area (Å²) >= 11 is 0. The van der Waals surface area contributed by atoms with Crippen molar-refractivity contribution in [2.75, 3.05) is 46.8 Å². The maximum atomic E-state index is 5.36. The summed E-state index contributed by atoms with van der Waals surface area (Å²) in [5.41, 5.74) is 0. The van der Waals surface area contributed by atoms with Crippen LogP contribution >= 0.6 is 0 Å². The van der Waals surface area contributed by atoms with Gasteiger partial charge in [-0.2, -0.15) is 4.98 Å². The van der Waals surface area contributed by atoms with Crippen LogP contribution in [-0.4, -0.2) is 66.8 Å². The molecule has 17 heavy (non-hydrogen) atoms. The number of rotatable bonds is 2. The van der Waals surface area contributed by atoms with E-state index in [9.17, 15) is 0 Å². The Kier molecular flexibility index (Phi) is 2.85. The van der Waals surface area contributed by atoms with Gasteiger partial charge < -0.3 is 14.7 Å². The third-order valence-corrected chi connectivity index (χ3v) is 3.74. The fourth-order valence-electron chi connectivity index (χ4n) is 2.30. The zero-order valence-corrected chi connectivity index (χ0v) is 10.4. The summed E-state index contributed by atoms with van der Waals surface area (Å²) in [5.74, 6) is 2.05. The quantitative estimate of drug-likeness (QED) is 0.760. The van der Waals surface area contributed by atoms with Crippen LogP contribution in [0.15, 0.2) is 4.52 Å². The summed E-state index contributed by atoms with van der Waals surface area (Å²) in [4.78, 5) is 9.17. The lowest BCUT2D eigenvalue weighted by atomic mass is 10.0. The molecular weight excluding hydrogens is 218 g/mol. The molecule has 0 aromatic carbocycles. The Bertz CT molecular complexity index is 389. The Balaban J connectivity index is 1.75. The van der Waals surface area contributed by atoms with Crippen molar-refractivity contribution >= 4 is 0 Å². The van der Waals surface area contributed by atoms with Crippen molar-refractivity contribution in [2.24, 2.45) is 0 Å². The van der Waals surface area contributed by atoms with Crippen LogP contribution in [0.4, 0.5) is 0 Å². The first kappa shape index (κ1) is 11.1. The van der Waals surface area contributed by atoms with Crippen LogP contribution in [0.25, 0.3) is 0 Å². The summed E-state index contributed by atoms with van der Waals surface area (Å²) in [6.07, 6.45) is 0. The highest BCUT2D eigenvalue weighted by atomic mass is 16.5. The average Bonchev–Trinajstić information content (AvgIpc) is 2.68. The highest BCUT2D eigenvalue weighted by molar-refractivity contribution is 5.04. The molecule has 0 spiro atoms. The third-order valence-electron chi connectivity index (χ3n) is 3.74. The van der Waals surface area contributed by atoms with Gasteiger partial charge in [0.2, 0.25) is 5.89 Å². The molecule has 0 amide bonds. The fraction of sp³-hybridized carbons (Fsp3) is 0.818. The largest absolute Gasteiger partial charge is 0.339 e. The van der Waals surface area contributed by atoms with E-state index < -0.39 is 0 Å². The van der Waals surface area contributed by atoms with Crippen LogP contribution in [0.1, 0.15) is 23.7 Å². The van der Waals surface area contributed by atoms with Crippen LogP contribution < -0.4 is 5.32 Å². The summed E-state index contributed by atoms with van der Waals surface area (Å²) in [6.45, 7) is 5.04. The van der Waals surface area contributed by atoms with Gasteiger partial charge in [-0.15, -0.1) is 0 Å². The van der Waals surface area contributed by atoms with Crippen LogP contribution in [0, 0.1) is 0 Å². The first-order valence-corrected chi connectivity index (χ1v) is 6.17. The molecule has 2 saturated heterocycles. The van der Waals surface area contributed by atoms with Gasteiger partial charge in [-0.1, -0.05) is 5.16 Å². The van der Waals surface area contributed by atoms with Gasteiger partial charge in [-0.05, 0) is 14.1 Å². The van der Waals surface area contributed by atoms with E-state index in [-0.39, 0.29) is 6.04 Å². The van der Waals surface area contributed by atoms with Gasteiger partial charge in [-0.25, -0.2) is 0 Å². The minimum atomic E-state index is 0.263. The lowest BCUT2D eigenvalue weighted by molar-refractivity contribution is 0.108. The number of nitrogens with one attached hydrogen (secondary N) is 1. The first-order valence-electron chi connectivity index (χ1n) is 6.17. The topological polar surface area (TPSA) is 57.4 Å². The second-order valence-corrected chi connectivity index (χ2v) is 5.10. The molecule has 3 rings (SSSR count). The molecule has 1 aromatic heterocycles. The van der Waals surface area contributed by atoms with Crippen LogP contribution in [0.5, 0.6) is 0 Å². The maximum absolute atomic E-state index is 5.36. The third kappa shape index (κ3) is 2.08. The monoisotopic (exact) mass is 237 g/mol. The highest BCUT2D eigenvalue weighted by Gasteiger charge is 2.30. The smallest absolute Gasteiger partial charge is 0.232 e. The Hall–Kier alpha value is -0.980. The molecule has 1 unspecified atom stereocenters. The second-order valence-electron chi connectivity index (χ2n) is 5.10. The molecular formula is C11H19N5O. The van der Waals surface area contributed by atoms with E-state index >= 15 is 0 Å². The number of likely N-dealkylation sites (N-methyl/N-ethyl adjacent to an activating group) is 2. The van der Waals surface area contributed by atoms with Crippen molar-refractivity contribution in [1.82, 2.24) is 25.3 Å². The van der Waals surface area contributed by atoms with E-state index in [1.165, 1.54) is 0 Å². The Morgan fingerprint density at radius 1 is 1.29 bits per heavy atom. The zero-order chi connectivity index (χ0) is 11.8. The van der Waals surface area contributed by atoms with Gasteiger partial charge in [0.1, 0.15) is 0 Å².